The molecule has 18 heavy (non-hydrogen) atoms. The summed E-state index contributed by atoms with van der Waals surface area (Å²) >= 11 is 0. The van der Waals surface area contributed by atoms with Crippen molar-refractivity contribution in [1.82, 2.24) is 10.2 Å². The summed E-state index contributed by atoms with van der Waals surface area (Å²) in [5.74, 6) is 0.286. The molecule has 0 radical (unpaired) electrons. The zero-order chi connectivity index (χ0) is 13.0. The third-order valence-corrected chi connectivity index (χ3v) is 4.05. The molecule has 1 N–H and O–H groups in total. The largest absolute Gasteiger partial charge is 0.378 e. The molecule has 2 rings (SSSR count). The van der Waals surface area contributed by atoms with E-state index in [-0.39, 0.29) is 18.1 Å². The fraction of sp³-hybridized carbons (Fsp3) is 0.929. The van der Waals surface area contributed by atoms with Crippen molar-refractivity contribution in [3.63, 3.8) is 0 Å². The van der Waals surface area contributed by atoms with E-state index < -0.39 is 0 Å². The number of nitrogens with zero attached hydrogens (tertiary/aromatic N) is 1. The summed E-state index contributed by atoms with van der Waals surface area (Å²) in [5.41, 5.74) is 0. The molecule has 3 unspecified atom stereocenters. The van der Waals surface area contributed by atoms with Crippen LogP contribution >= 0.6 is 0 Å². The highest BCUT2D eigenvalue weighted by molar-refractivity contribution is 5.84. The molecule has 104 valence electrons. The Bertz CT molecular complexity index is 277. The Morgan fingerprint density at radius 3 is 2.94 bits per heavy atom. The maximum absolute atomic E-state index is 12.2. The Labute approximate surface area is 110 Å². The molecule has 1 amide bonds. The van der Waals surface area contributed by atoms with Gasteiger partial charge in [0.05, 0.1) is 18.3 Å². The van der Waals surface area contributed by atoms with Crippen LogP contribution in [0.25, 0.3) is 0 Å². The van der Waals surface area contributed by atoms with Gasteiger partial charge >= 0.3 is 0 Å². The van der Waals surface area contributed by atoms with E-state index in [0.29, 0.717) is 6.10 Å². The molecule has 0 aromatic rings. The molecule has 0 aliphatic carbocycles. The van der Waals surface area contributed by atoms with Crippen LogP contribution in [0.2, 0.25) is 0 Å². The second-order valence-corrected chi connectivity index (χ2v) is 5.49. The number of hydrogen-bond donors (Lipinski definition) is 1. The molecule has 3 atom stereocenters. The lowest BCUT2D eigenvalue weighted by atomic mass is 10.1. The van der Waals surface area contributed by atoms with Crippen LogP contribution < -0.4 is 5.32 Å². The first kappa shape index (κ1) is 13.8. The average Bonchev–Trinajstić information content (AvgIpc) is 2.95. The van der Waals surface area contributed by atoms with Gasteiger partial charge in [0.15, 0.2) is 0 Å². The van der Waals surface area contributed by atoms with Crippen LogP contribution in [0.3, 0.4) is 0 Å². The third-order valence-electron chi connectivity index (χ3n) is 4.05. The molecule has 0 bridgehead atoms. The summed E-state index contributed by atoms with van der Waals surface area (Å²) in [4.78, 5) is 14.2. The van der Waals surface area contributed by atoms with Crippen LogP contribution in [0.1, 0.15) is 52.4 Å². The smallest absolute Gasteiger partial charge is 0.241 e. The highest BCUT2D eigenvalue weighted by Crippen LogP contribution is 2.19. The SMILES string of the molecule is CCCCC1NC(C)N(CCC2CCCO2)C1=O. The normalized spacial score (nSPS) is 32.4. The van der Waals surface area contributed by atoms with Crippen LogP contribution in [0.4, 0.5) is 0 Å². The first-order valence-corrected chi connectivity index (χ1v) is 7.40. The Balaban J connectivity index is 1.78. The van der Waals surface area contributed by atoms with Gasteiger partial charge in [-0.15, -0.1) is 0 Å². The first-order chi connectivity index (χ1) is 8.72. The topological polar surface area (TPSA) is 41.6 Å². The predicted molar refractivity (Wildman–Crippen MR) is 71.2 cm³/mol. The highest BCUT2D eigenvalue weighted by Gasteiger charge is 2.35. The number of hydrogen-bond acceptors (Lipinski definition) is 3. The fourth-order valence-electron chi connectivity index (χ4n) is 2.92. The predicted octanol–water partition coefficient (Wildman–Crippen LogP) is 1.89. The van der Waals surface area contributed by atoms with Gasteiger partial charge in [0.25, 0.3) is 0 Å². The van der Waals surface area contributed by atoms with Gasteiger partial charge in [-0.05, 0) is 32.6 Å². The number of amides is 1. The minimum atomic E-state index is 0.0458. The molecule has 2 aliphatic rings. The third kappa shape index (κ3) is 3.23. The van der Waals surface area contributed by atoms with Crippen molar-refractivity contribution < 1.29 is 9.53 Å². The fourth-order valence-corrected chi connectivity index (χ4v) is 2.92. The van der Waals surface area contributed by atoms with Gasteiger partial charge in [-0.1, -0.05) is 19.8 Å². The van der Waals surface area contributed by atoms with E-state index in [1.807, 2.05) is 4.90 Å². The number of rotatable bonds is 6. The van der Waals surface area contributed by atoms with Gasteiger partial charge in [0, 0.05) is 13.2 Å². The Hall–Kier alpha value is -0.610. The molecule has 2 aliphatic heterocycles. The van der Waals surface area contributed by atoms with Crippen molar-refractivity contribution in [3.05, 3.63) is 0 Å². The zero-order valence-electron chi connectivity index (χ0n) is 11.7. The van der Waals surface area contributed by atoms with Gasteiger partial charge in [-0.25, -0.2) is 0 Å². The van der Waals surface area contributed by atoms with E-state index in [0.717, 1.165) is 45.3 Å². The Kier molecular flexibility index (Phi) is 5.01. The standard InChI is InChI=1S/C14H26N2O2/c1-3-4-7-13-14(17)16(11(2)15-13)9-8-12-6-5-10-18-12/h11-13,15H,3-10H2,1-2H3. The summed E-state index contributed by atoms with van der Waals surface area (Å²) in [7, 11) is 0. The molecule has 2 saturated heterocycles. The van der Waals surface area contributed by atoms with Crippen LogP contribution in [-0.2, 0) is 9.53 Å². The average molecular weight is 254 g/mol. The van der Waals surface area contributed by atoms with Gasteiger partial charge < -0.3 is 9.64 Å². The van der Waals surface area contributed by atoms with Crippen LogP contribution in [0.5, 0.6) is 0 Å². The molecule has 0 saturated carbocycles. The molecule has 0 spiro atoms. The van der Waals surface area contributed by atoms with E-state index >= 15 is 0 Å². The molecule has 0 aromatic carbocycles. The van der Waals surface area contributed by atoms with E-state index in [1.54, 1.807) is 0 Å². The van der Waals surface area contributed by atoms with Crippen molar-refractivity contribution in [2.24, 2.45) is 0 Å². The van der Waals surface area contributed by atoms with E-state index in [1.165, 1.54) is 6.42 Å². The van der Waals surface area contributed by atoms with Crippen molar-refractivity contribution in [2.45, 2.75) is 70.7 Å². The molecule has 0 aromatic heterocycles. The maximum Gasteiger partial charge on any atom is 0.241 e. The number of nitrogens with one attached hydrogen (secondary N) is 1. The number of carbonyl (C=O) groups is 1. The minimum absolute atomic E-state index is 0.0458. The van der Waals surface area contributed by atoms with E-state index in [2.05, 4.69) is 19.2 Å². The summed E-state index contributed by atoms with van der Waals surface area (Å²) in [6, 6.07) is 0.0458. The lowest BCUT2D eigenvalue weighted by Crippen LogP contribution is -2.36. The summed E-state index contributed by atoms with van der Waals surface area (Å²) < 4.78 is 5.62. The second-order valence-electron chi connectivity index (χ2n) is 5.49. The van der Waals surface area contributed by atoms with Gasteiger partial charge in [0.1, 0.15) is 0 Å². The van der Waals surface area contributed by atoms with Crippen molar-refractivity contribution in [3.8, 4) is 0 Å². The molecular formula is C14H26N2O2. The van der Waals surface area contributed by atoms with E-state index in [9.17, 15) is 4.79 Å². The summed E-state index contributed by atoms with van der Waals surface area (Å²) in [6.07, 6.45) is 7.11. The monoisotopic (exact) mass is 254 g/mol. The second kappa shape index (κ2) is 6.53. The van der Waals surface area contributed by atoms with Crippen molar-refractivity contribution >= 4 is 5.91 Å². The molecule has 4 nitrogen and oxygen atoms in total. The first-order valence-electron chi connectivity index (χ1n) is 7.40. The number of ether oxygens (including phenoxy) is 1. The number of carbonyl (C=O) groups excluding carboxylic acids is 1. The van der Waals surface area contributed by atoms with Gasteiger partial charge in [0.2, 0.25) is 5.91 Å². The zero-order valence-corrected chi connectivity index (χ0v) is 11.7. The van der Waals surface area contributed by atoms with Crippen LogP contribution in [-0.4, -0.2) is 42.3 Å². The minimum Gasteiger partial charge on any atom is -0.378 e. The highest BCUT2D eigenvalue weighted by atomic mass is 16.5. The summed E-state index contributed by atoms with van der Waals surface area (Å²) in [6.45, 7) is 5.98. The lowest BCUT2D eigenvalue weighted by molar-refractivity contribution is -0.130. The molecule has 2 fully saturated rings. The Morgan fingerprint density at radius 2 is 2.28 bits per heavy atom. The lowest BCUT2D eigenvalue weighted by Gasteiger charge is -2.22. The van der Waals surface area contributed by atoms with Gasteiger partial charge in [-0.2, -0.15) is 0 Å². The van der Waals surface area contributed by atoms with Crippen LogP contribution in [0.15, 0.2) is 0 Å². The quantitative estimate of drug-likeness (QED) is 0.787. The molecule has 4 heteroatoms. The van der Waals surface area contributed by atoms with Crippen molar-refractivity contribution in [2.75, 3.05) is 13.2 Å². The van der Waals surface area contributed by atoms with Gasteiger partial charge in [-0.3, -0.25) is 10.1 Å². The molecular weight excluding hydrogens is 228 g/mol. The number of unbranched alkanes of at least 4 members (excludes halogenated alkanes) is 1. The van der Waals surface area contributed by atoms with Crippen LogP contribution in [0, 0.1) is 0 Å². The van der Waals surface area contributed by atoms with E-state index in [4.69, 9.17) is 4.74 Å². The maximum atomic E-state index is 12.2. The van der Waals surface area contributed by atoms with Crippen molar-refractivity contribution in [1.29, 1.82) is 0 Å². The molecule has 2 heterocycles. The Morgan fingerprint density at radius 1 is 1.44 bits per heavy atom. The summed E-state index contributed by atoms with van der Waals surface area (Å²) in [5, 5.41) is 3.40.